The largest absolute Gasteiger partial charge is 0.478 e. The van der Waals surface area contributed by atoms with E-state index in [-0.39, 0.29) is 23.2 Å². The number of hydrogen-bond donors (Lipinski definition) is 1. The summed E-state index contributed by atoms with van der Waals surface area (Å²) in [6.45, 7) is 0.444. The molecule has 2 aromatic heterocycles. The molecular weight excluding hydrogens is 568 g/mol. The van der Waals surface area contributed by atoms with E-state index in [9.17, 15) is 40.7 Å². The van der Waals surface area contributed by atoms with Crippen LogP contribution in [0.5, 0.6) is 0 Å². The number of Topliss-reactive ketones (excluding diaryl/α,β-unsaturated/α-hetero) is 2. The molecule has 1 atom stereocenters. The van der Waals surface area contributed by atoms with Crippen molar-refractivity contribution in [3.63, 3.8) is 0 Å². The fourth-order valence-corrected chi connectivity index (χ4v) is 4.62. The molecular formula is C29H21F6N3O4. The molecule has 4 aromatic rings. The number of aromatic nitrogens is 3. The standard InChI is InChI=1S/C29H21F6N3O4/c1-15(39)23-11-17(4-5-25(23)32)22-3-2-6-36-26(22)18(7-16-8-19(30)12-20(31)9-16)10-21(40)13-38-14-24(28(41)42)27(37-38)29(33,34)35/h2-6,8-9,11-12,14,18H,7,10,13H2,1H3,(H,41,42)/t18-/m1/s1. The molecule has 1 N–H and O–H groups in total. The van der Waals surface area contributed by atoms with Crippen molar-refractivity contribution in [2.45, 2.75) is 38.4 Å². The summed E-state index contributed by atoms with van der Waals surface area (Å²) in [4.78, 5) is 40.7. The van der Waals surface area contributed by atoms with Gasteiger partial charge in [-0.25, -0.2) is 18.0 Å². The van der Waals surface area contributed by atoms with Gasteiger partial charge in [-0.15, -0.1) is 0 Å². The van der Waals surface area contributed by atoms with Crippen LogP contribution in [0.3, 0.4) is 0 Å². The van der Waals surface area contributed by atoms with E-state index >= 15 is 0 Å². The van der Waals surface area contributed by atoms with Crippen LogP contribution in [0.15, 0.2) is 60.9 Å². The number of carboxylic acids is 1. The Kier molecular flexibility index (Phi) is 8.59. The molecule has 0 unspecified atom stereocenters. The Morgan fingerprint density at radius 1 is 0.976 bits per heavy atom. The van der Waals surface area contributed by atoms with E-state index in [1.165, 1.54) is 25.3 Å². The number of ketones is 2. The molecule has 0 saturated heterocycles. The van der Waals surface area contributed by atoms with Gasteiger partial charge in [0.2, 0.25) is 0 Å². The summed E-state index contributed by atoms with van der Waals surface area (Å²) in [6.07, 6.45) is -3.65. The minimum absolute atomic E-state index is 0.140. The average Bonchev–Trinajstić information content (AvgIpc) is 3.33. The van der Waals surface area contributed by atoms with Gasteiger partial charge < -0.3 is 5.11 Å². The number of hydrogen-bond acceptors (Lipinski definition) is 5. The van der Waals surface area contributed by atoms with Crippen molar-refractivity contribution in [3.05, 3.63) is 106 Å². The molecule has 0 bridgehead atoms. The first kappa shape index (κ1) is 30.2. The Balaban J connectivity index is 1.74. The van der Waals surface area contributed by atoms with Gasteiger partial charge >= 0.3 is 12.1 Å². The Hall–Kier alpha value is -4.81. The van der Waals surface area contributed by atoms with E-state index in [1.807, 2.05) is 0 Å². The second kappa shape index (κ2) is 12.0. The summed E-state index contributed by atoms with van der Waals surface area (Å²) in [7, 11) is 0. The van der Waals surface area contributed by atoms with Crippen molar-refractivity contribution in [2.24, 2.45) is 0 Å². The molecule has 2 aromatic carbocycles. The summed E-state index contributed by atoms with van der Waals surface area (Å²) in [5.41, 5.74) is -1.88. The first-order chi connectivity index (χ1) is 19.7. The Morgan fingerprint density at radius 3 is 2.26 bits per heavy atom. The maximum atomic E-state index is 14.2. The highest BCUT2D eigenvalue weighted by atomic mass is 19.4. The molecule has 0 radical (unpaired) electrons. The second-order valence-electron chi connectivity index (χ2n) is 9.50. The zero-order chi connectivity index (χ0) is 30.8. The fraction of sp³-hybridized carbons (Fsp3) is 0.207. The smallest absolute Gasteiger partial charge is 0.436 e. The van der Waals surface area contributed by atoms with Crippen molar-refractivity contribution in [1.29, 1.82) is 0 Å². The lowest BCUT2D eigenvalue weighted by Gasteiger charge is -2.20. The SMILES string of the molecule is CC(=O)c1cc(-c2cccnc2[C@@H](CC(=O)Cn2cc(C(=O)O)c(C(F)(F)F)n2)Cc2cc(F)cc(F)c2)ccc1F. The number of halogens is 6. The molecule has 0 spiro atoms. The minimum Gasteiger partial charge on any atom is -0.478 e. The lowest BCUT2D eigenvalue weighted by atomic mass is 9.86. The Morgan fingerprint density at radius 2 is 1.67 bits per heavy atom. The molecule has 4 rings (SSSR count). The van der Waals surface area contributed by atoms with Crippen LogP contribution in [0.2, 0.25) is 0 Å². The van der Waals surface area contributed by atoms with E-state index in [2.05, 4.69) is 10.1 Å². The number of pyridine rings is 1. The summed E-state index contributed by atoms with van der Waals surface area (Å²) in [5.74, 6) is -6.52. The summed E-state index contributed by atoms with van der Waals surface area (Å²) < 4.78 is 82.6. The molecule has 0 aliphatic heterocycles. The highest BCUT2D eigenvalue weighted by molar-refractivity contribution is 5.95. The van der Waals surface area contributed by atoms with Crippen LogP contribution in [0, 0.1) is 17.5 Å². The summed E-state index contributed by atoms with van der Waals surface area (Å²) in [5, 5.41) is 12.4. The van der Waals surface area contributed by atoms with Crippen LogP contribution in [-0.4, -0.2) is 37.4 Å². The van der Waals surface area contributed by atoms with Crippen LogP contribution in [-0.2, 0) is 23.9 Å². The lowest BCUT2D eigenvalue weighted by molar-refractivity contribution is -0.142. The number of benzene rings is 2. The van der Waals surface area contributed by atoms with Crippen molar-refractivity contribution in [3.8, 4) is 11.1 Å². The van der Waals surface area contributed by atoms with Crippen molar-refractivity contribution < 1.29 is 45.8 Å². The van der Waals surface area contributed by atoms with E-state index < -0.39 is 71.3 Å². The Bertz CT molecular complexity index is 1660. The van der Waals surface area contributed by atoms with Gasteiger partial charge in [-0.2, -0.15) is 18.3 Å². The molecule has 218 valence electrons. The molecule has 2 heterocycles. The minimum atomic E-state index is -5.08. The van der Waals surface area contributed by atoms with E-state index in [4.69, 9.17) is 5.11 Å². The summed E-state index contributed by atoms with van der Waals surface area (Å²) in [6, 6.07) is 9.67. The van der Waals surface area contributed by atoms with Gasteiger partial charge in [-0.3, -0.25) is 19.3 Å². The Labute approximate surface area is 234 Å². The molecule has 0 fully saturated rings. The normalized spacial score (nSPS) is 12.3. The predicted octanol–water partition coefficient (Wildman–Crippen LogP) is 6.27. The molecule has 13 heteroatoms. The summed E-state index contributed by atoms with van der Waals surface area (Å²) >= 11 is 0. The van der Waals surface area contributed by atoms with Gasteiger partial charge in [0.1, 0.15) is 23.0 Å². The number of carbonyl (C=O) groups is 3. The first-order valence-electron chi connectivity index (χ1n) is 12.3. The quantitative estimate of drug-likeness (QED) is 0.173. The number of rotatable bonds is 10. The van der Waals surface area contributed by atoms with Gasteiger partial charge in [0.25, 0.3) is 0 Å². The molecule has 0 amide bonds. The number of alkyl halides is 3. The predicted molar refractivity (Wildman–Crippen MR) is 136 cm³/mol. The topological polar surface area (TPSA) is 102 Å². The van der Waals surface area contributed by atoms with Crippen LogP contribution in [0.1, 0.15) is 56.9 Å². The van der Waals surface area contributed by atoms with E-state index in [1.54, 1.807) is 12.1 Å². The number of nitrogens with zero attached hydrogens (tertiary/aromatic N) is 3. The van der Waals surface area contributed by atoms with Crippen molar-refractivity contribution in [2.75, 3.05) is 0 Å². The zero-order valence-corrected chi connectivity index (χ0v) is 21.8. The number of carboxylic acid groups (broad SMARTS) is 1. The molecule has 42 heavy (non-hydrogen) atoms. The fourth-order valence-electron chi connectivity index (χ4n) is 4.62. The third kappa shape index (κ3) is 6.90. The maximum absolute atomic E-state index is 14.2. The zero-order valence-electron chi connectivity index (χ0n) is 21.8. The van der Waals surface area contributed by atoms with Crippen LogP contribution in [0.4, 0.5) is 26.3 Å². The monoisotopic (exact) mass is 589 g/mol. The van der Waals surface area contributed by atoms with Crippen LogP contribution >= 0.6 is 0 Å². The van der Waals surface area contributed by atoms with Crippen molar-refractivity contribution >= 4 is 17.5 Å². The van der Waals surface area contributed by atoms with Crippen LogP contribution < -0.4 is 0 Å². The number of carbonyl (C=O) groups excluding carboxylic acids is 2. The second-order valence-corrected chi connectivity index (χ2v) is 9.50. The van der Waals surface area contributed by atoms with Gasteiger partial charge in [0.15, 0.2) is 17.3 Å². The molecule has 0 aliphatic rings. The first-order valence-corrected chi connectivity index (χ1v) is 12.3. The lowest BCUT2D eigenvalue weighted by Crippen LogP contribution is -2.18. The highest BCUT2D eigenvalue weighted by Crippen LogP contribution is 2.34. The van der Waals surface area contributed by atoms with Gasteiger partial charge in [0.05, 0.1) is 17.8 Å². The van der Waals surface area contributed by atoms with E-state index in [0.29, 0.717) is 28.1 Å². The van der Waals surface area contributed by atoms with Crippen molar-refractivity contribution in [1.82, 2.24) is 14.8 Å². The van der Waals surface area contributed by atoms with E-state index in [0.717, 1.165) is 18.2 Å². The average molecular weight is 589 g/mol. The van der Waals surface area contributed by atoms with Gasteiger partial charge in [-0.05, 0) is 54.8 Å². The highest BCUT2D eigenvalue weighted by Gasteiger charge is 2.39. The third-order valence-electron chi connectivity index (χ3n) is 6.36. The van der Waals surface area contributed by atoms with Gasteiger partial charge in [0, 0.05) is 36.4 Å². The third-order valence-corrected chi connectivity index (χ3v) is 6.36. The number of aromatic carboxylic acids is 1. The van der Waals surface area contributed by atoms with Gasteiger partial charge in [-0.1, -0.05) is 12.1 Å². The van der Waals surface area contributed by atoms with Crippen LogP contribution in [0.25, 0.3) is 11.1 Å². The maximum Gasteiger partial charge on any atom is 0.436 e. The molecule has 7 nitrogen and oxygen atoms in total. The molecule has 0 aliphatic carbocycles. The molecule has 0 saturated carbocycles.